The third-order valence-electron chi connectivity index (χ3n) is 3.37. The molecule has 2 aromatic rings. The van der Waals surface area contributed by atoms with Crippen LogP contribution in [0.4, 0.5) is 0 Å². The van der Waals surface area contributed by atoms with Gasteiger partial charge < -0.3 is 9.47 Å². The largest absolute Gasteiger partial charge is 0.336 e. The van der Waals surface area contributed by atoms with Crippen LogP contribution in [0.15, 0.2) is 24.3 Å². The monoisotopic (exact) mass is 248 g/mol. The molecule has 0 bridgehead atoms. The Labute approximate surface area is 105 Å². The summed E-state index contributed by atoms with van der Waals surface area (Å²) in [6.45, 7) is 4.31. The molecule has 3 rings (SSSR count). The van der Waals surface area contributed by atoms with Gasteiger partial charge in [-0.2, -0.15) is 0 Å². The van der Waals surface area contributed by atoms with Crippen LogP contribution in [0.3, 0.4) is 0 Å². The van der Waals surface area contributed by atoms with E-state index in [1.54, 1.807) is 0 Å². The molecule has 0 N–H and O–H groups in total. The van der Waals surface area contributed by atoms with Crippen LogP contribution in [0.2, 0.25) is 5.02 Å². The SMILES string of the molecule is CCN1CCn2c(c(Cl)c3ccccc32)C1=O. The molecule has 0 saturated carbocycles. The molecule has 0 fully saturated rings. The summed E-state index contributed by atoms with van der Waals surface area (Å²) in [5.41, 5.74) is 1.69. The van der Waals surface area contributed by atoms with Crippen molar-refractivity contribution in [2.75, 3.05) is 13.1 Å². The lowest BCUT2D eigenvalue weighted by molar-refractivity contribution is 0.0717. The van der Waals surface area contributed by atoms with E-state index in [4.69, 9.17) is 11.6 Å². The first-order valence-electron chi connectivity index (χ1n) is 5.80. The maximum Gasteiger partial charge on any atom is 0.272 e. The van der Waals surface area contributed by atoms with Gasteiger partial charge in [-0.3, -0.25) is 4.79 Å². The van der Waals surface area contributed by atoms with Crippen LogP contribution < -0.4 is 0 Å². The van der Waals surface area contributed by atoms with E-state index < -0.39 is 0 Å². The van der Waals surface area contributed by atoms with E-state index in [0.717, 1.165) is 30.5 Å². The Kier molecular flexibility index (Phi) is 2.37. The van der Waals surface area contributed by atoms with Gasteiger partial charge in [-0.05, 0) is 13.0 Å². The number of para-hydroxylation sites is 1. The Bertz CT molecular complexity index is 603. The van der Waals surface area contributed by atoms with E-state index in [-0.39, 0.29) is 5.91 Å². The van der Waals surface area contributed by atoms with Crippen LogP contribution in [-0.2, 0) is 6.54 Å². The quantitative estimate of drug-likeness (QED) is 0.762. The predicted octanol–water partition coefficient (Wildman–Crippen LogP) is 2.77. The molecular weight excluding hydrogens is 236 g/mol. The number of aromatic nitrogens is 1. The smallest absolute Gasteiger partial charge is 0.272 e. The molecule has 88 valence electrons. The van der Waals surface area contributed by atoms with E-state index in [2.05, 4.69) is 0 Å². The van der Waals surface area contributed by atoms with Gasteiger partial charge in [0.15, 0.2) is 0 Å². The van der Waals surface area contributed by atoms with Crippen molar-refractivity contribution in [1.82, 2.24) is 9.47 Å². The van der Waals surface area contributed by atoms with Crippen molar-refractivity contribution in [2.45, 2.75) is 13.5 Å². The van der Waals surface area contributed by atoms with Gasteiger partial charge in [0, 0.05) is 25.0 Å². The third kappa shape index (κ3) is 1.39. The van der Waals surface area contributed by atoms with Crippen LogP contribution >= 0.6 is 11.6 Å². The molecule has 1 aromatic heterocycles. The van der Waals surface area contributed by atoms with Crippen molar-refractivity contribution in [3.63, 3.8) is 0 Å². The average Bonchev–Trinajstić information content (AvgIpc) is 2.65. The Balaban J connectivity index is 2.29. The second-order valence-electron chi connectivity index (χ2n) is 4.22. The summed E-state index contributed by atoms with van der Waals surface area (Å²) in [6, 6.07) is 7.90. The molecule has 1 aromatic carbocycles. The highest BCUT2D eigenvalue weighted by Gasteiger charge is 2.28. The summed E-state index contributed by atoms with van der Waals surface area (Å²) in [4.78, 5) is 14.1. The first-order valence-corrected chi connectivity index (χ1v) is 6.18. The van der Waals surface area contributed by atoms with E-state index in [0.29, 0.717) is 10.7 Å². The number of likely N-dealkylation sites (N-methyl/N-ethyl adjacent to an activating group) is 1. The second kappa shape index (κ2) is 3.77. The minimum Gasteiger partial charge on any atom is -0.336 e. The molecule has 1 aliphatic rings. The fourth-order valence-corrected chi connectivity index (χ4v) is 2.82. The number of nitrogens with zero attached hydrogens (tertiary/aromatic N) is 2. The standard InChI is InChI=1S/C13H13ClN2O/c1-2-15-7-8-16-10-6-4-3-5-9(10)11(14)12(16)13(15)17/h3-6H,2,7-8H2,1H3. The van der Waals surface area contributed by atoms with Gasteiger partial charge in [0.2, 0.25) is 0 Å². The molecule has 2 heterocycles. The molecule has 0 aliphatic carbocycles. The highest BCUT2D eigenvalue weighted by Crippen LogP contribution is 2.33. The average molecular weight is 249 g/mol. The van der Waals surface area contributed by atoms with Crippen LogP contribution in [-0.4, -0.2) is 28.5 Å². The molecule has 0 spiro atoms. The zero-order chi connectivity index (χ0) is 12.0. The lowest BCUT2D eigenvalue weighted by Crippen LogP contribution is -2.39. The predicted molar refractivity (Wildman–Crippen MR) is 68.5 cm³/mol. The molecule has 0 atom stereocenters. The van der Waals surface area contributed by atoms with Crippen molar-refractivity contribution in [2.24, 2.45) is 0 Å². The maximum absolute atomic E-state index is 12.3. The fourth-order valence-electron chi connectivity index (χ4n) is 2.48. The Hall–Kier alpha value is -1.48. The van der Waals surface area contributed by atoms with E-state index >= 15 is 0 Å². The number of hydrogen-bond acceptors (Lipinski definition) is 1. The Morgan fingerprint density at radius 2 is 2.06 bits per heavy atom. The summed E-state index contributed by atoms with van der Waals surface area (Å²) in [5, 5.41) is 1.55. The number of fused-ring (bicyclic) bond motifs is 3. The van der Waals surface area contributed by atoms with Crippen molar-refractivity contribution in [3.05, 3.63) is 35.0 Å². The molecule has 0 saturated heterocycles. The minimum absolute atomic E-state index is 0.0416. The van der Waals surface area contributed by atoms with E-state index in [1.165, 1.54) is 0 Å². The molecule has 3 nitrogen and oxygen atoms in total. The van der Waals surface area contributed by atoms with Crippen LogP contribution in [0, 0.1) is 0 Å². The zero-order valence-corrected chi connectivity index (χ0v) is 10.4. The number of halogens is 1. The van der Waals surface area contributed by atoms with Gasteiger partial charge in [-0.1, -0.05) is 29.8 Å². The number of hydrogen-bond donors (Lipinski definition) is 0. The lowest BCUT2D eigenvalue weighted by Gasteiger charge is -2.27. The van der Waals surface area contributed by atoms with Crippen LogP contribution in [0.5, 0.6) is 0 Å². The summed E-state index contributed by atoms with van der Waals surface area (Å²) in [5.74, 6) is 0.0416. The highest BCUT2D eigenvalue weighted by atomic mass is 35.5. The normalized spacial score (nSPS) is 15.4. The number of benzene rings is 1. The molecule has 1 aliphatic heterocycles. The number of amides is 1. The second-order valence-corrected chi connectivity index (χ2v) is 4.59. The first-order chi connectivity index (χ1) is 8.24. The zero-order valence-electron chi connectivity index (χ0n) is 9.61. The number of rotatable bonds is 1. The maximum atomic E-state index is 12.3. The van der Waals surface area contributed by atoms with Crippen molar-refractivity contribution in [1.29, 1.82) is 0 Å². The lowest BCUT2D eigenvalue weighted by atomic mass is 10.2. The van der Waals surface area contributed by atoms with E-state index in [9.17, 15) is 4.79 Å². The molecule has 0 unspecified atom stereocenters. The van der Waals surface area contributed by atoms with Crippen molar-refractivity contribution < 1.29 is 4.79 Å². The minimum atomic E-state index is 0.0416. The Morgan fingerprint density at radius 3 is 2.82 bits per heavy atom. The summed E-state index contributed by atoms with van der Waals surface area (Å²) in [7, 11) is 0. The van der Waals surface area contributed by atoms with E-state index in [1.807, 2.05) is 40.7 Å². The molecule has 4 heteroatoms. The third-order valence-corrected chi connectivity index (χ3v) is 3.76. The molecule has 1 amide bonds. The fraction of sp³-hybridized carbons (Fsp3) is 0.308. The molecule has 0 radical (unpaired) electrons. The van der Waals surface area contributed by atoms with Gasteiger partial charge in [-0.15, -0.1) is 0 Å². The van der Waals surface area contributed by atoms with Crippen LogP contribution in [0.1, 0.15) is 17.4 Å². The van der Waals surface area contributed by atoms with Gasteiger partial charge in [0.05, 0.1) is 10.5 Å². The topological polar surface area (TPSA) is 25.2 Å². The Morgan fingerprint density at radius 1 is 1.29 bits per heavy atom. The van der Waals surface area contributed by atoms with Crippen molar-refractivity contribution in [3.8, 4) is 0 Å². The van der Waals surface area contributed by atoms with Crippen LogP contribution in [0.25, 0.3) is 10.9 Å². The number of carbonyl (C=O) groups excluding carboxylic acids is 1. The summed E-state index contributed by atoms with van der Waals surface area (Å²) in [6.07, 6.45) is 0. The molecule has 17 heavy (non-hydrogen) atoms. The van der Waals surface area contributed by atoms with Gasteiger partial charge in [0.1, 0.15) is 5.69 Å². The first kappa shape index (κ1) is 10.7. The van der Waals surface area contributed by atoms with Gasteiger partial charge in [-0.25, -0.2) is 0 Å². The summed E-state index contributed by atoms with van der Waals surface area (Å²) >= 11 is 6.32. The van der Waals surface area contributed by atoms with Crippen molar-refractivity contribution >= 4 is 28.4 Å². The number of carbonyl (C=O) groups is 1. The summed E-state index contributed by atoms with van der Waals surface area (Å²) < 4.78 is 2.03. The van der Waals surface area contributed by atoms with Gasteiger partial charge in [0.25, 0.3) is 5.91 Å². The highest BCUT2D eigenvalue weighted by molar-refractivity contribution is 6.38. The molecular formula is C13H13ClN2O. The van der Waals surface area contributed by atoms with Gasteiger partial charge >= 0.3 is 0 Å².